The van der Waals surface area contributed by atoms with Gasteiger partial charge < -0.3 is 10.0 Å². The fraction of sp³-hybridized carbons (Fsp3) is 0.417. The molecule has 1 aromatic carbocycles. The molecule has 2 rings (SSSR count). The zero-order valence-electron chi connectivity index (χ0n) is 11.7. The maximum Gasteiger partial charge on any atom is 0.407 e. The molecule has 0 aliphatic carbocycles. The summed E-state index contributed by atoms with van der Waals surface area (Å²) in [5.41, 5.74) is 0.0655. The number of carboxylic acid groups (broad SMARTS) is 1. The van der Waals surface area contributed by atoms with Gasteiger partial charge >= 0.3 is 6.09 Å². The molecular weight excluding hydrogens is 314 g/mol. The molecule has 1 heterocycles. The molecule has 1 amide bonds. The Hall–Kier alpha value is -2.20. The Kier molecular flexibility index (Phi) is 4.33. The number of carbonyl (C=O) groups is 1. The van der Waals surface area contributed by atoms with Crippen molar-refractivity contribution in [2.75, 3.05) is 13.1 Å². The van der Waals surface area contributed by atoms with E-state index >= 15 is 0 Å². The number of likely N-dealkylation sites (tertiary alicyclic amines) is 1. The largest absolute Gasteiger partial charge is 0.465 e. The number of hydrogen-bond donors (Lipinski definition) is 2. The first-order valence-corrected chi connectivity index (χ1v) is 7.94. The number of nitrogens with one attached hydrogen (secondary N) is 1. The number of aryl methyl sites for hydroxylation is 1. The molecule has 9 nitrogen and oxygen atoms in total. The minimum absolute atomic E-state index is 0.0581. The van der Waals surface area contributed by atoms with E-state index in [4.69, 9.17) is 5.11 Å². The second-order valence-corrected chi connectivity index (χ2v) is 6.72. The third kappa shape index (κ3) is 3.34. The van der Waals surface area contributed by atoms with Gasteiger partial charge in [0.1, 0.15) is 0 Å². The molecule has 0 spiro atoms. The molecule has 22 heavy (non-hydrogen) atoms. The molecule has 10 heteroatoms. The number of rotatable bonds is 4. The van der Waals surface area contributed by atoms with Crippen LogP contribution in [0.1, 0.15) is 12.0 Å². The molecule has 0 unspecified atom stereocenters. The van der Waals surface area contributed by atoms with Crippen molar-refractivity contribution >= 4 is 21.8 Å². The summed E-state index contributed by atoms with van der Waals surface area (Å²) >= 11 is 0. The third-order valence-electron chi connectivity index (χ3n) is 3.45. The highest BCUT2D eigenvalue weighted by Crippen LogP contribution is 2.22. The first-order valence-electron chi connectivity index (χ1n) is 6.46. The van der Waals surface area contributed by atoms with E-state index in [-0.39, 0.29) is 23.7 Å². The van der Waals surface area contributed by atoms with Crippen molar-refractivity contribution in [1.82, 2.24) is 9.62 Å². The van der Waals surface area contributed by atoms with Gasteiger partial charge in [-0.05, 0) is 18.9 Å². The summed E-state index contributed by atoms with van der Waals surface area (Å²) in [5.74, 6) is 0. The fourth-order valence-corrected chi connectivity index (χ4v) is 3.83. The highest BCUT2D eigenvalue weighted by atomic mass is 32.2. The van der Waals surface area contributed by atoms with Gasteiger partial charge in [-0.1, -0.05) is 6.07 Å². The molecule has 1 aromatic rings. The highest BCUT2D eigenvalue weighted by Gasteiger charge is 2.30. The number of benzene rings is 1. The van der Waals surface area contributed by atoms with E-state index in [2.05, 4.69) is 4.72 Å². The van der Waals surface area contributed by atoms with Crippen molar-refractivity contribution in [3.05, 3.63) is 33.9 Å². The second-order valence-electron chi connectivity index (χ2n) is 5.04. The number of nitro benzene ring substituents is 1. The molecule has 0 bridgehead atoms. The molecule has 0 saturated carbocycles. The van der Waals surface area contributed by atoms with Crippen molar-refractivity contribution in [1.29, 1.82) is 0 Å². The van der Waals surface area contributed by atoms with Crippen LogP contribution < -0.4 is 4.72 Å². The van der Waals surface area contributed by atoms with Crippen molar-refractivity contribution in [3.8, 4) is 0 Å². The number of nitrogens with zero attached hydrogens (tertiary/aromatic N) is 2. The Morgan fingerprint density at radius 1 is 1.50 bits per heavy atom. The molecule has 0 aromatic heterocycles. The van der Waals surface area contributed by atoms with E-state index in [9.17, 15) is 23.3 Å². The average Bonchev–Trinajstić information content (AvgIpc) is 2.86. The van der Waals surface area contributed by atoms with Crippen LogP contribution in [0.5, 0.6) is 0 Å². The number of amides is 1. The summed E-state index contributed by atoms with van der Waals surface area (Å²) in [6.07, 6.45) is -0.743. The van der Waals surface area contributed by atoms with Gasteiger partial charge in [-0.25, -0.2) is 17.9 Å². The number of hydrogen-bond acceptors (Lipinski definition) is 5. The second kappa shape index (κ2) is 5.89. The summed E-state index contributed by atoms with van der Waals surface area (Å²) in [5, 5.41) is 19.6. The molecule has 1 atom stereocenters. The summed E-state index contributed by atoms with van der Waals surface area (Å²) in [6, 6.07) is 3.06. The molecule has 1 aliphatic heterocycles. The molecule has 2 N–H and O–H groups in total. The van der Waals surface area contributed by atoms with Crippen LogP contribution in [0, 0.1) is 17.0 Å². The molecule has 1 aliphatic rings. The van der Waals surface area contributed by atoms with E-state index in [0.717, 1.165) is 11.0 Å². The summed E-state index contributed by atoms with van der Waals surface area (Å²) in [4.78, 5) is 21.9. The predicted octanol–water partition coefficient (Wildman–Crippen LogP) is 0.934. The zero-order chi connectivity index (χ0) is 16.5. The number of non-ortho nitro benzene ring substituents is 1. The van der Waals surface area contributed by atoms with Crippen LogP contribution in [0.15, 0.2) is 23.1 Å². The quantitative estimate of drug-likeness (QED) is 0.624. The molecule has 1 saturated heterocycles. The van der Waals surface area contributed by atoms with E-state index < -0.39 is 27.1 Å². The Bertz CT molecular complexity index is 718. The van der Waals surface area contributed by atoms with Crippen LogP contribution in [-0.2, 0) is 10.0 Å². The van der Waals surface area contributed by atoms with Crippen molar-refractivity contribution in [2.24, 2.45) is 0 Å². The summed E-state index contributed by atoms with van der Waals surface area (Å²) < 4.78 is 27.1. The van der Waals surface area contributed by atoms with E-state index in [1.807, 2.05) is 0 Å². The first-order chi connectivity index (χ1) is 10.2. The predicted molar refractivity (Wildman–Crippen MR) is 76.2 cm³/mol. The molecule has 0 radical (unpaired) electrons. The van der Waals surface area contributed by atoms with Crippen LogP contribution in [0.3, 0.4) is 0 Å². The Balaban J connectivity index is 2.23. The van der Waals surface area contributed by atoms with E-state index in [0.29, 0.717) is 12.0 Å². The average molecular weight is 329 g/mol. The van der Waals surface area contributed by atoms with Crippen molar-refractivity contribution in [2.45, 2.75) is 24.3 Å². The van der Waals surface area contributed by atoms with E-state index in [1.165, 1.54) is 19.1 Å². The zero-order valence-corrected chi connectivity index (χ0v) is 12.5. The maximum atomic E-state index is 12.4. The lowest BCUT2D eigenvalue weighted by atomic mass is 10.2. The summed E-state index contributed by atoms with van der Waals surface area (Å²) in [7, 11) is -3.95. The van der Waals surface area contributed by atoms with E-state index in [1.54, 1.807) is 0 Å². The Morgan fingerprint density at radius 3 is 2.73 bits per heavy atom. The molecular formula is C12H15N3O6S. The lowest BCUT2D eigenvalue weighted by molar-refractivity contribution is -0.385. The minimum atomic E-state index is -3.95. The minimum Gasteiger partial charge on any atom is -0.465 e. The number of sulfonamides is 1. The standard InChI is InChI=1S/C12H15N3O6S/c1-8-2-3-10(15(18)19)6-11(8)22(20,21)13-9-4-5-14(7-9)12(16)17/h2-3,6,9,13H,4-5,7H2,1H3,(H,16,17)/t9-/m1/s1. The highest BCUT2D eigenvalue weighted by molar-refractivity contribution is 7.89. The van der Waals surface area contributed by atoms with Crippen LogP contribution >= 0.6 is 0 Å². The fourth-order valence-electron chi connectivity index (χ4n) is 2.30. The maximum absolute atomic E-state index is 12.4. The van der Waals surface area contributed by atoms with Gasteiger partial charge in [-0.15, -0.1) is 0 Å². The van der Waals surface area contributed by atoms with Gasteiger partial charge in [0.15, 0.2) is 0 Å². The van der Waals surface area contributed by atoms with Crippen LogP contribution in [0.25, 0.3) is 0 Å². The number of nitro groups is 1. The Labute approximate surface area is 126 Å². The summed E-state index contributed by atoms with van der Waals surface area (Å²) in [6.45, 7) is 1.84. The van der Waals surface area contributed by atoms with Crippen LogP contribution in [0.2, 0.25) is 0 Å². The molecule has 120 valence electrons. The smallest absolute Gasteiger partial charge is 0.407 e. The normalized spacial score (nSPS) is 18.4. The van der Waals surface area contributed by atoms with Gasteiger partial charge in [-0.3, -0.25) is 10.1 Å². The lowest BCUT2D eigenvalue weighted by Gasteiger charge is -2.15. The monoisotopic (exact) mass is 329 g/mol. The van der Waals surface area contributed by atoms with Gasteiger partial charge in [0.05, 0.1) is 9.82 Å². The topological polar surface area (TPSA) is 130 Å². The van der Waals surface area contributed by atoms with Gasteiger partial charge in [0.25, 0.3) is 5.69 Å². The lowest BCUT2D eigenvalue weighted by Crippen LogP contribution is -2.38. The first kappa shape index (κ1) is 16.2. The van der Waals surface area contributed by atoms with Gasteiger partial charge in [-0.2, -0.15) is 0 Å². The SMILES string of the molecule is Cc1ccc([N+](=O)[O-])cc1S(=O)(=O)N[C@@H]1CCN(C(=O)O)C1. The van der Waals surface area contributed by atoms with Crippen molar-refractivity contribution in [3.63, 3.8) is 0 Å². The van der Waals surface area contributed by atoms with Crippen LogP contribution in [-0.4, -0.2) is 48.6 Å². The Morgan fingerprint density at radius 2 is 2.18 bits per heavy atom. The van der Waals surface area contributed by atoms with Gasteiger partial charge in [0.2, 0.25) is 10.0 Å². The van der Waals surface area contributed by atoms with Gasteiger partial charge in [0, 0.05) is 31.3 Å². The van der Waals surface area contributed by atoms with Crippen LogP contribution in [0.4, 0.5) is 10.5 Å². The van der Waals surface area contributed by atoms with Crippen molar-refractivity contribution < 1.29 is 23.2 Å². The molecule has 1 fully saturated rings. The third-order valence-corrected chi connectivity index (χ3v) is 5.12.